The van der Waals surface area contributed by atoms with Crippen LogP contribution in [-0.4, -0.2) is 22.6 Å². The number of rotatable bonds is 3. The van der Waals surface area contributed by atoms with Crippen molar-refractivity contribution in [1.82, 2.24) is 9.55 Å². The van der Waals surface area contributed by atoms with Crippen molar-refractivity contribution in [2.45, 2.75) is 6.61 Å². The maximum atomic E-state index is 12.6. The summed E-state index contributed by atoms with van der Waals surface area (Å²) in [7, 11) is 1.54. The summed E-state index contributed by atoms with van der Waals surface area (Å²) in [5.74, 6) is 0.989. The normalized spacial score (nSPS) is 11.9. The lowest BCUT2D eigenvalue weighted by Gasteiger charge is -2.20. The van der Waals surface area contributed by atoms with Gasteiger partial charge in [0.25, 0.3) is 5.91 Å². The van der Waals surface area contributed by atoms with Gasteiger partial charge in [-0.3, -0.25) is 9.36 Å². The highest BCUT2D eigenvalue weighted by atomic mass is 35.5. The number of imidazole rings is 1. The zero-order valence-electron chi connectivity index (χ0n) is 13.3. The third-order valence-electron chi connectivity index (χ3n) is 3.98. The fourth-order valence-corrected chi connectivity index (χ4v) is 3.03. The molecule has 2 aromatic carbocycles. The number of aromatic nitrogens is 2. The van der Waals surface area contributed by atoms with Crippen molar-refractivity contribution in [3.63, 3.8) is 0 Å². The molecule has 1 aliphatic rings. The van der Waals surface area contributed by atoms with Crippen molar-refractivity contribution >= 4 is 23.2 Å². The Bertz CT molecular complexity index is 968. The van der Waals surface area contributed by atoms with Crippen molar-refractivity contribution in [3.05, 3.63) is 65.2 Å². The highest BCUT2D eigenvalue weighted by Crippen LogP contribution is 2.31. The molecular weight excluding hydrogens is 342 g/mol. The number of para-hydroxylation sites is 2. The molecule has 25 heavy (non-hydrogen) atoms. The minimum absolute atomic E-state index is 0.281. The van der Waals surface area contributed by atoms with Gasteiger partial charge in [0.05, 0.1) is 23.5 Å². The van der Waals surface area contributed by atoms with Crippen LogP contribution in [-0.2, 0) is 6.61 Å². The maximum absolute atomic E-state index is 12.6. The molecule has 0 unspecified atom stereocenters. The molecule has 4 rings (SSSR count). The lowest BCUT2D eigenvalue weighted by atomic mass is 10.2. The summed E-state index contributed by atoms with van der Waals surface area (Å²) in [4.78, 5) is 16.9. The summed E-state index contributed by atoms with van der Waals surface area (Å²) >= 11 is 6.09. The second-order valence-electron chi connectivity index (χ2n) is 5.47. The molecule has 0 atom stereocenters. The first-order chi connectivity index (χ1) is 12.2. The molecule has 126 valence electrons. The number of amides is 1. The molecule has 0 saturated carbocycles. The molecular formula is C18H14ClN3O3. The van der Waals surface area contributed by atoms with Crippen molar-refractivity contribution < 1.29 is 14.3 Å². The molecule has 3 aromatic rings. The summed E-state index contributed by atoms with van der Waals surface area (Å²) in [6.45, 7) is 0.281. The lowest BCUT2D eigenvalue weighted by molar-refractivity contribution is 0.101. The van der Waals surface area contributed by atoms with Gasteiger partial charge in [0.15, 0.2) is 5.69 Å². The van der Waals surface area contributed by atoms with E-state index in [9.17, 15) is 4.79 Å². The fourth-order valence-electron chi connectivity index (χ4n) is 2.77. The topological polar surface area (TPSA) is 65.4 Å². The van der Waals surface area contributed by atoms with Crippen LogP contribution in [0.3, 0.4) is 0 Å². The number of ether oxygens (including phenoxy) is 2. The minimum atomic E-state index is -0.321. The Labute approximate surface area is 149 Å². The van der Waals surface area contributed by atoms with Gasteiger partial charge in [-0.25, -0.2) is 4.98 Å². The number of hydrogen-bond acceptors (Lipinski definition) is 4. The van der Waals surface area contributed by atoms with Crippen molar-refractivity contribution in [2.75, 3.05) is 12.4 Å². The van der Waals surface area contributed by atoms with Gasteiger partial charge < -0.3 is 14.8 Å². The Hall–Kier alpha value is -2.99. The molecule has 6 nitrogen and oxygen atoms in total. The van der Waals surface area contributed by atoms with Gasteiger partial charge in [0, 0.05) is 5.69 Å². The number of halogens is 1. The molecule has 7 heteroatoms. The van der Waals surface area contributed by atoms with E-state index in [1.807, 2.05) is 28.8 Å². The number of nitrogens with zero attached hydrogens (tertiary/aromatic N) is 2. The molecule has 1 N–H and O–H groups in total. The number of anilines is 1. The van der Waals surface area contributed by atoms with Crippen LogP contribution < -0.4 is 14.8 Å². The monoisotopic (exact) mass is 355 g/mol. The van der Waals surface area contributed by atoms with Crippen LogP contribution in [0.2, 0.25) is 5.02 Å². The Balaban J connectivity index is 1.63. The molecule has 1 aromatic heterocycles. The third-order valence-corrected chi connectivity index (χ3v) is 4.28. The quantitative estimate of drug-likeness (QED) is 0.778. The van der Waals surface area contributed by atoms with Gasteiger partial charge in [-0.1, -0.05) is 23.7 Å². The molecule has 0 fully saturated rings. The predicted octanol–water partition coefficient (Wildman–Crippen LogP) is 3.68. The highest BCUT2D eigenvalue weighted by molar-refractivity contribution is 6.32. The summed E-state index contributed by atoms with van der Waals surface area (Å²) in [6.07, 6.45) is 1.63. The average Bonchev–Trinajstić information content (AvgIpc) is 3.06. The zero-order chi connectivity index (χ0) is 17.4. The molecule has 0 saturated heterocycles. The number of methoxy groups -OCH3 is 1. The Morgan fingerprint density at radius 3 is 2.96 bits per heavy atom. The summed E-state index contributed by atoms with van der Waals surface area (Å²) in [5, 5.41) is 3.22. The highest BCUT2D eigenvalue weighted by Gasteiger charge is 2.24. The van der Waals surface area contributed by atoms with E-state index in [0.717, 1.165) is 11.4 Å². The van der Waals surface area contributed by atoms with Crippen LogP contribution in [0.5, 0.6) is 11.5 Å². The minimum Gasteiger partial charge on any atom is -0.495 e. The zero-order valence-corrected chi connectivity index (χ0v) is 14.1. The van der Waals surface area contributed by atoms with E-state index in [1.54, 1.807) is 24.5 Å². The molecule has 0 bridgehead atoms. The molecule has 0 radical (unpaired) electrons. The number of hydrogen-bond donors (Lipinski definition) is 1. The molecule has 2 heterocycles. The van der Waals surface area contributed by atoms with Crippen molar-refractivity contribution in [2.24, 2.45) is 0 Å². The molecule has 1 amide bonds. The van der Waals surface area contributed by atoms with E-state index in [-0.39, 0.29) is 12.5 Å². The van der Waals surface area contributed by atoms with Crippen molar-refractivity contribution in [3.8, 4) is 17.2 Å². The Kier molecular flexibility index (Phi) is 3.82. The van der Waals surface area contributed by atoms with Gasteiger partial charge in [0.2, 0.25) is 0 Å². The smallest absolute Gasteiger partial charge is 0.276 e. The number of carbonyl (C=O) groups excluding carboxylic acids is 1. The van der Waals surface area contributed by atoms with Crippen LogP contribution >= 0.6 is 11.6 Å². The number of carbonyl (C=O) groups is 1. The van der Waals surface area contributed by atoms with Gasteiger partial charge in [-0.05, 0) is 30.3 Å². The van der Waals surface area contributed by atoms with E-state index in [1.165, 1.54) is 7.11 Å². The molecule has 1 aliphatic heterocycles. The van der Waals surface area contributed by atoms with E-state index >= 15 is 0 Å². The number of nitrogens with one attached hydrogen (secondary N) is 1. The first-order valence-corrected chi connectivity index (χ1v) is 7.98. The van der Waals surface area contributed by atoms with Crippen LogP contribution in [0.25, 0.3) is 5.69 Å². The van der Waals surface area contributed by atoms with E-state index < -0.39 is 0 Å². The second-order valence-corrected chi connectivity index (χ2v) is 5.88. The summed E-state index contributed by atoms with van der Waals surface area (Å²) in [6, 6.07) is 12.7. The fraction of sp³-hybridized carbons (Fsp3) is 0.111. The Morgan fingerprint density at radius 2 is 2.16 bits per heavy atom. The van der Waals surface area contributed by atoms with E-state index in [2.05, 4.69) is 10.3 Å². The molecule has 0 aliphatic carbocycles. The van der Waals surface area contributed by atoms with Crippen LogP contribution in [0, 0.1) is 0 Å². The summed E-state index contributed by atoms with van der Waals surface area (Å²) < 4.78 is 12.7. The average molecular weight is 356 g/mol. The van der Waals surface area contributed by atoms with Crippen LogP contribution in [0.4, 0.5) is 5.69 Å². The first kappa shape index (κ1) is 15.5. The Morgan fingerprint density at radius 1 is 1.32 bits per heavy atom. The van der Waals surface area contributed by atoms with Gasteiger partial charge >= 0.3 is 0 Å². The third kappa shape index (κ3) is 2.70. The predicted molar refractivity (Wildman–Crippen MR) is 93.9 cm³/mol. The second kappa shape index (κ2) is 6.14. The van der Waals surface area contributed by atoms with Crippen LogP contribution in [0.1, 0.15) is 16.2 Å². The van der Waals surface area contributed by atoms with E-state index in [0.29, 0.717) is 27.8 Å². The van der Waals surface area contributed by atoms with E-state index in [4.69, 9.17) is 21.1 Å². The summed E-state index contributed by atoms with van der Waals surface area (Å²) in [5.41, 5.74) is 2.45. The first-order valence-electron chi connectivity index (χ1n) is 7.60. The van der Waals surface area contributed by atoms with Crippen molar-refractivity contribution in [1.29, 1.82) is 0 Å². The maximum Gasteiger partial charge on any atom is 0.276 e. The largest absolute Gasteiger partial charge is 0.495 e. The number of benzene rings is 2. The molecule has 0 spiro atoms. The number of fused-ring (bicyclic) bond motifs is 3. The van der Waals surface area contributed by atoms with Gasteiger partial charge in [-0.15, -0.1) is 0 Å². The standard InChI is InChI=1S/C18H14ClN3O3/c1-24-15-7-6-11(8-12(15)19)21-18(23)17-14-9-25-16-5-3-2-4-13(16)22(14)10-20-17/h2-8,10H,9H2,1H3,(H,21,23). The van der Waals surface area contributed by atoms with Gasteiger partial charge in [0.1, 0.15) is 24.4 Å². The lowest BCUT2D eigenvalue weighted by Crippen LogP contribution is -2.19. The van der Waals surface area contributed by atoms with Gasteiger partial charge in [-0.2, -0.15) is 0 Å². The SMILES string of the molecule is COc1ccc(NC(=O)c2ncn3c2COc2ccccc2-3)cc1Cl. The van der Waals surface area contributed by atoms with Crippen LogP contribution in [0.15, 0.2) is 48.8 Å².